The number of ether oxygens (including phenoxy) is 2. The number of benzene rings is 1. The van der Waals surface area contributed by atoms with Crippen molar-refractivity contribution in [1.82, 2.24) is 5.32 Å². The van der Waals surface area contributed by atoms with E-state index in [2.05, 4.69) is 5.32 Å². The van der Waals surface area contributed by atoms with Gasteiger partial charge in [0.25, 0.3) is 0 Å². The van der Waals surface area contributed by atoms with Crippen molar-refractivity contribution in [2.75, 3.05) is 51.9 Å². The fourth-order valence-electron chi connectivity index (χ4n) is 4.32. The Morgan fingerprint density at radius 3 is 2.55 bits per heavy atom. The van der Waals surface area contributed by atoms with Crippen LogP contribution in [0.2, 0.25) is 0 Å². The number of halogens is 4. The SMILES string of the molecule is COC[C@@]1(F)CNC[C@@H]1c1ccc(C(F)(F)F)cc1N1CCC(C(=O)OC)CC1. The molecule has 0 aliphatic carbocycles. The van der Waals surface area contributed by atoms with Crippen molar-refractivity contribution in [3.63, 3.8) is 0 Å². The summed E-state index contributed by atoms with van der Waals surface area (Å²) in [4.78, 5) is 13.6. The number of anilines is 1. The maximum absolute atomic E-state index is 15.5. The second-order valence-electron chi connectivity index (χ2n) is 7.71. The highest BCUT2D eigenvalue weighted by atomic mass is 19.4. The molecule has 2 heterocycles. The zero-order chi connectivity index (χ0) is 21.2. The van der Waals surface area contributed by atoms with Crippen LogP contribution >= 0.6 is 0 Å². The van der Waals surface area contributed by atoms with Crippen LogP contribution in [0.4, 0.5) is 23.2 Å². The van der Waals surface area contributed by atoms with Crippen molar-refractivity contribution in [3.05, 3.63) is 29.3 Å². The molecule has 162 valence electrons. The van der Waals surface area contributed by atoms with E-state index in [4.69, 9.17) is 9.47 Å². The zero-order valence-electron chi connectivity index (χ0n) is 16.5. The molecule has 2 saturated heterocycles. The molecule has 1 aromatic carbocycles. The van der Waals surface area contributed by atoms with E-state index in [1.165, 1.54) is 20.3 Å². The van der Waals surface area contributed by atoms with Gasteiger partial charge in [-0.1, -0.05) is 6.07 Å². The van der Waals surface area contributed by atoms with Gasteiger partial charge in [0, 0.05) is 44.9 Å². The first-order chi connectivity index (χ1) is 13.7. The first kappa shape index (κ1) is 21.8. The molecule has 1 aromatic rings. The minimum atomic E-state index is -4.50. The number of hydrogen-bond donors (Lipinski definition) is 1. The van der Waals surface area contributed by atoms with E-state index in [0.717, 1.165) is 12.1 Å². The van der Waals surface area contributed by atoms with Crippen LogP contribution in [0.15, 0.2) is 18.2 Å². The number of alkyl halides is 4. The zero-order valence-corrected chi connectivity index (χ0v) is 16.5. The lowest BCUT2D eigenvalue weighted by molar-refractivity contribution is -0.146. The second-order valence-corrected chi connectivity index (χ2v) is 7.71. The number of esters is 1. The molecule has 2 atom stereocenters. The Balaban J connectivity index is 1.94. The van der Waals surface area contributed by atoms with Crippen LogP contribution < -0.4 is 10.2 Å². The lowest BCUT2D eigenvalue weighted by atomic mass is 9.84. The minimum Gasteiger partial charge on any atom is -0.469 e. The summed E-state index contributed by atoms with van der Waals surface area (Å²) >= 11 is 0. The van der Waals surface area contributed by atoms with Crippen molar-refractivity contribution < 1.29 is 31.8 Å². The molecule has 5 nitrogen and oxygen atoms in total. The summed E-state index contributed by atoms with van der Waals surface area (Å²) in [5.41, 5.74) is -1.57. The lowest BCUT2D eigenvalue weighted by Gasteiger charge is -2.36. The standard InChI is InChI=1S/C20H26F4N2O3/c1-28-12-19(21)11-25-10-16(19)15-4-3-14(20(22,23)24)9-17(15)26-7-5-13(6-8-26)18(27)29-2/h3-4,9,13,16,25H,5-8,10-12H2,1-2H3/t16-,19+/m1/s1. The Kier molecular flexibility index (Phi) is 6.38. The van der Waals surface area contributed by atoms with Gasteiger partial charge < -0.3 is 19.7 Å². The van der Waals surface area contributed by atoms with Crippen LogP contribution in [0.25, 0.3) is 0 Å². The van der Waals surface area contributed by atoms with Gasteiger partial charge in [-0.15, -0.1) is 0 Å². The Bertz CT molecular complexity index is 735. The largest absolute Gasteiger partial charge is 0.469 e. The third-order valence-corrected chi connectivity index (χ3v) is 5.88. The molecule has 0 spiro atoms. The molecule has 0 bridgehead atoms. The van der Waals surface area contributed by atoms with Gasteiger partial charge in [0.15, 0.2) is 5.67 Å². The summed E-state index contributed by atoms with van der Waals surface area (Å²) in [7, 11) is 2.73. The molecule has 0 aromatic heterocycles. The first-order valence-electron chi connectivity index (χ1n) is 9.62. The highest BCUT2D eigenvalue weighted by Crippen LogP contribution is 2.43. The van der Waals surface area contributed by atoms with E-state index in [-0.39, 0.29) is 25.0 Å². The van der Waals surface area contributed by atoms with Gasteiger partial charge in [-0.25, -0.2) is 4.39 Å². The monoisotopic (exact) mass is 418 g/mol. The molecule has 0 amide bonds. The molecule has 2 aliphatic heterocycles. The molecule has 0 radical (unpaired) electrons. The van der Waals surface area contributed by atoms with Gasteiger partial charge >= 0.3 is 12.1 Å². The van der Waals surface area contributed by atoms with Crippen LogP contribution in [0.3, 0.4) is 0 Å². The number of nitrogens with zero attached hydrogens (tertiary/aromatic N) is 1. The summed E-state index contributed by atoms with van der Waals surface area (Å²) in [6.45, 7) is 1.05. The molecule has 9 heteroatoms. The first-order valence-corrected chi connectivity index (χ1v) is 9.62. The summed E-state index contributed by atoms with van der Waals surface area (Å²) in [5, 5.41) is 2.99. The fourth-order valence-corrected chi connectivity index (χ4v) is 4.32. The minimum absolute atomic E-state index is 0.0797. The van der Waals surface area contributed by atoms with E-state index >= 15 is 4.39 Å². The van der Waals surface area contributed by atoms with Crippen molar-refractivity contribution in [2.24, 2.45) is 5.92 Å². The number of rotatable bonds is 5. The number of methoxy groups -OCH3 is 2. The van der Waals surface area contributed by atoms with Gasteiger partial charge in [-0.2, -0.15) is 13.2 Å². The average Bonchev–Trinajstić information content (AvgIpc) is 3.07. The van der Waals surface area contributed by atoms with E-state index in [1.807, 2.05) is 4.90 Å². The predicted octanol–water partition coefficient (Wildman–Crippen LogP) is 3.14. The van der Waals surface area contributed by atoms with E-state index in [1.54, 1.807) is 0 Å². The van der Waals surface area contributed by atoms with Crippen LogP contribution in [-0.2, 0) is 20.4 Å². The van der Waals surface area contributed by atoms with Crippen LogP contribution in [0, 0.1) is 5.92 Å². The lowest BCUT2D eigenvalue weighted by Crippen LogP contribution is -2.40. The molecule has 2 aliphatic rings. The molecule has 2 fully saturated rings. The molecule has 0 saturated carbocycles. The van der Waals surface area contributed by atoms with Gasteiger partial charge in [0.05, 0.1) is 25.2 Å². The summed E-state index contributed by atoms with van der Waals surface area (Å²) in [5.74, 6) is -1.21. The third-order valence-electron chi connectivity index (χ3n) is 5.88. The van der Waals surface area contributed by atoms with Gasteiger partial charge in [0.2, 0.25) is 0 Å². The Morgan fingerprint density at radius 1 is 1.28 bits per heavy atom. The molecular formula is C20H26F4N2O3. The van der Waals surface area contributed by atoms with Crippen LogP contribution in [0.1, 0.15) is 29.9 Å². The quantitative estimate of drug-likeness (QED) is 0.588. The molecule has 29 heavy (non-hydrogen) atoms. The highest BCUT2D eigenvalue weighted by Gasteiger charge is 2.46. The Labute approximate surface area is 167 Å². The second kappa shape index (κ2) is 8.47. The van der Waals surface area contributed by atoms with Gasteiger partial charge in [-0.05, 0) is 30.5 Å². The fraction of sp³-hybridized carbons (Fsp3) is 0.650. The Morgan fingerprint density at radius 2 is 1.97 bits per heavy atom. The third kappa shape index (κ3) is 4.50. The van der Waals surface area contributed by atoms with Crippen molar-refractivity contribution in [2.45, 2.75) is 30.6 Å². The maximum Gasteiger partial charge on any atom is 0.416 e. The van der Waals surface area contributed by atoms with Crippen molar-refractivity contribution >= 4 is 11.7 Å². The number of piperidine rings is 1. The molecular weight excluding hydrogens is 392 g/mol. The van der Waals surface area contributed by atoms with Crippen LogP contribution in [-0.4, -0.2) is 58.6 Å². The molecule has 3 rings (SSSR count). The van der Waals surface area contributed by atoms with Crippen molar-refractivity contribution in [1.29, 1.82) is 0 Å². The summed E-state index contributed by atoms with van der Waals surface area (Å²) < 4.78 is 65.3. The average molecular weight is 418 g/mol. The van der Waals surface area contributed by atoms with Gasteiger partial charge in [0.1, 0.15) is 0 Å². The van der Waals surface area contributed by atoms with E-state index < -0.39 is 23.3 Å². The van der Waals surface area contributed by atoms with Gasteiger partial charge in [-0.3, -0.25) is 4.79 Å². The van der Waals surface area contributed by atoms with E-state index in [9.17, 15) is 18.0 Å². The Hall–Kier alpha value is -1.87. The topological polar surface area (TPSA) is 50.8 Å². The number of carbonyl (C=O) groups excluding carboxylic acids is 1. The summed E-state index contributed by atoms with van der Waals surface area (Å²) in [6, 6.07) is 3.48. The van der Waals surface area contributed by atoms with Crippen molar-refractivity contribution in [3.8, 4) is 0 Å². The number of hydrogen-bond acceptors (Lipinski definition) is 5. The molecule has 0 unspecified atom stereocenters. The molecule has 1 N–H and O–H groups in total. The maximum atomic E-state index is 15.5. The highest BCUT2D eigenvalue weighted by molar-refractivity contribution is 5.73. The number of nitrogens with one attached hydrogen (secondary N) is 1. The summed E-state index contributed by atoms with van der Waals surface area (Å²) in [6.07, 6.45) is -3.54. The predicted molar refractivity (Wildman–Crippen MR) is 99.7 cm³/mol. The van der Waals surface area contributed by atoms with E-state index in [0.29, 0.717) is 43.7 Å². The normalized spacial score (nSPS) is 26.0. The van der Waals surface area contributed by atoms with Crippen LogP contribution in [0.5, 0.6) is 0 Å². The smallest absolute Gasteiger partial charge is 0.416 e. The number of carbonyl (C=O) groups is 1.